The van der Waals surface area contributed by atoms with Crippen LogP contribution in [0.3, 0.4) is 0 Å². The molecule has 0 saturated carbocycles. The number of hydrogen-bond donors (Lipinski definition) is 3. The summed E-state index contributed by atoms with van der Waals surface area (Å²) in [7, 11) is 0. The molecule has 1 rings (SSSR count). The third-order valence-corrected chi connectivity index (χ3v) is 2.67. The maximum atomic E-state index is 5.65. The van der Waals surface area contributed by atoms with Crippen molar-refractivity contribution in [3.05, 3.63) is 6.07 Å². The summed E-state index contributed by atoms with van der Waals surface area (Å²) in [6.45, 7) is 10.9. The van der Waals surface area contributed by atoms with Gasteiger partial charge in [-0.15, -0.1) is 0 Å². The summed E-state index contributed by atoms with van der Waals surface area (Å²) < 4.78 is 0. The Morgan fingerprint density at radius 3 is 2.18 bits per heavy atom. The Hall–Kier alpha value is -1.52. The number of nitrogens with one attached hydrogen (secondary N) is 1. The van der Waals surface area contributed by atoms with Crippen molar-refractivity contribution in [3.8, 4) is 0 Å². The minimum atomic E-state index is 0.128. The zero-order valence-corrected chi connectivity index (χ0v) is 11.3. The molecule has 0 amide bonds. The summed E-state index contributed by atoms with van der Waals surface area (Å²) in [5.74, 6) is 1.75. The molecule has 96 valence electrons. The molecule has 0 aliphatic carbocycles. The lowest BCUT2D eigenvalue weighted by molar-refractivity contribution is 0.280. The van der Waals surface area contributed by atoms with Gasteiger partial charge in [0.15, 0.2) is 0 Å². The van der Waals surface area contributed by atoms with Gasteiger partial charge in [0.2, 0.25) is 5.95 Å². The number of rotatable bonds is 3. The average molecular weight is 237 g/mol. The van der Waals surface area contributed by atoms with Gasteiger partial charge in [-0.25, -0.2) is 0 Å². The van der Waals surface area contributed by atoms with Crippen molar-refractivity contribution in [2.45, 2.75) is 40.7 Å². The fourth-order valence-corrected chi connectivity index (χ4v) is 2.10. The molecule has 1 heterocycles. The molecule has 1 aromatic heterocycles. The lowest BCUT2D eigenvalue weighted by atomic mass is 9.80. The topological polar surface area (TPSA) is 89.8 Å². The molecule has 0 aliphatic heterocycles. The minimum absolute atomic E-state index is 0.128. The Bertz CT molecular complexity index is 361. The van der Waals surface area contributed by atoms with Gasteiger partial charge in [-0.2, -0.15) is 9.97 Å². The van der Waals surface area contributed by atoms with Crippen LogP contribution in [0.4, 0.5) is 17.6 Å². The van der Waals surface area contributed by atoms with Crippen LogP contribution >= 0.6 is 0 Å². The Labute approximate surface area is 103 Å². The van der Waals surface area contributed by atoms with Crippen LogP contribution in [0.25, 0.3) is 0 Å². The maximum Gasteiger partial charge on any atom is 0.223 e. The van der Waals surface area contributed by atoms with E-state index in [9.17, 15) is 0 Å². The lowest BCUT2D eigenvalue weighted by Gasteiger charge is -2.35. The molecule has 1 unspecified atom stereocenters. The van der Waals surface area contributed by atoms with E-state index in [0.717, 1.165) is 0 Å². The molecule has 0 saturated heterocycles. The summed E-state index contributed by atoms with van der Waals surface area (Å²) >= 11 is 0. The predicted molar refractivity (Wildman–Crippen MR) is 72.6 cm³/mol. The lowest BCUT2D eigenvalue weighted by Crippen LogP contribution is -2.38. The summed E-state index contributed by atoms with van der Waals surface area (Å²) in [5, 5.41) is 3.39. The predicted octanol–water partition coefficient (Wildman–Crippen LogP) is 2.12. The van der Waals surface area contributed by atoms with E-state index in [4.69, 9.17) is 11.5 Å². The van der Waals surface area contributed by atoms with Crippen molar-refractivity contribution in [1.82, 2.24) is 9.97 Å². The van der Waals surface area contributed by atoms with Crippen molar-refractivity contribution >= 4 is 17.6 Å². The van der Waals surface area contributed by atoms with E-state index in [0.29, 0.717) is 17.6 Å². The molecule has 5 nitrogen and oxygen atoms in total. The van der Waals surface area contributed by atoms with Crippen LogP contribution in [0.5, 0.6) is 0 Å². The monoisotopic (exact) mass is 237 g/mol. The Morgan fingerprint density at radius 2 is 1.76 bits per heavy atom. The van der Waals surface area contributed by atoms with E-state index < -0.39 is 0 Å². The van der Waals surface area contributed by atoms with Crippen LogP contribution in [0.15, 0.2) is 6.07 Å². The third kappa shape index (κ3) is 3.76. The van der Waals surface area contributed by atoms with Crippen LogP contribution in [0, 0.1) is 11.3 Å². The second-order valence-corrected chi connectivity index (χ2v) is 5.77. The summed E-state index contributed by atoms with van der Waals surface area (Å²) in [5.41, 5.74) is 11.4. The highest BCUT2D eigenvalue weighted by atomic mass is 15.1. The Balaban J connectivity index is 2.94. The molecule has 1 atom stereocenters. The van der Waals surface area contributed by atoms with Crippen LogP contribution in [-0.2, 0) is 0 Å². The molecular weight excluding hydrogens is 214 g/mol. The molecule has 0 aromatic carbocycles. The van der Waals surface area contributed by atoms with Gasteiger partial charge >= 0.3 is 0 Å². The Morgan fingerprint density at radius 1 is 1.18 bits per heavy atom. The van der Waals surface area contributed by atoms with Gasteiger partial charge in [-0.1, -0.05) is 34.6 Å². The van der Waals surface area contributed by atoms with Crippen LogP contribution in [0.1, 0.15) is 34.6 Å². The van der Waals surface area contributed by atoms with E-state index in [2.05, 4.69) is 49.9 Å². The van der Waals surface area contributed by atoms with Crippen LogP contribution < -0.4 is 16.8 Å². The number of hydrogen-bond acceptors (Lipinski definition) is 5. The van der Waals surface area contributed by atoms with Crippen molar-refractivity contribution in [2.24, 2.45) is 11.3 Å². The second-order valence-electron chi connectivity index (χ2n) is 5.77. The number of nitrogens with zero attached hydrogens (tertiary/aromatic N) is 2. The molecule has 0 fully saturated rings. The van der Waals surface area contributed by atoms with Gasteiger partial charge < -0.3 is 16.8 Å². The smallest absolute Gasteiger partial charge is 0.223 e. The highest BCUT2D eigenvalue weighted by Gasteiger charge is 2.27. The van der Waals surface area contributed by atoms with Crippen molar-refractivity contribution in [1.29, 1.82) is 0 Å². The van der Waals surface area contributed by atoms with Crippen molar-refractivity contribution in [3.63, 3.8) is 0 Å². The minimum Gasteiger partial charge on any atom is -0.383 e. The first-order valence-electron chi connectivity index (χ1n) is 5.86. The number of anilines is 3. The van der Waals surface area contributed by atoms with E-state index in [1.54, 1.807) is 6.07 Å². The molecule has 0 spiro atoms. The molecular formula is C12H23N5. The molecule has 0 aliphatic rings. The van der Waals surface area contributed by atoms with Gasteiger partial charge in [0.05, 0.1) is 0 Å². The van der Waals surface area contributed by atoms with Crippen molar-refractivity contribution < 1.29 is 0 Å². The van der Waals surface area contributed by atoms with E-state index in [1.807, 2.05) is 0 Å². The van der Waals surface area contributed by atoms with E-state index >= 15 is 0 Å². The molecule has 17 heavy (non-hydrogen) atoms. The third-order valence-electron chi connectivity index (χ3n) is 2.67. The van der Waals surface area contributed by atoms with Crippen molar-refractivity contribution in [2.75, 3.05) is 16.8 Å². The van der Waals surface area contributed by atoms with Gasteiger partial charge in [0.1, 0.15) is 11.6 Å². The van der Waals surface area contributed by atoms with Crippen LogP contribution in [0.2, 0.25) is 0 Å². The fraction of sp³-hybridized carbons (Fsp3) is 0.667. The number of aromatic nitrogens is 2. The SMILES string of the molecule is CC(C)C(Nc1cc(N)nc(N)n1)C(C)(C)C. The average Bonchev–Trinajstić information content (AvgIpc) is 2.10. The first-order valence-corrected chi connectivity index (χ1v) is 5.86. The van der Waals surface area contributed by atoms with E-state index in [1.165, 1.54) is 0 Å². The number of nitrogen functional groups attached to an aromatic ring is 2. The Kier molecular flexibility index (Phi) is 3.80. The zero-order valence-electron chi connectivity index (χ0n) is 11.3. The first-order chi connectivity index (χ1) is 7.70. The number of nitrogens with two attached hydrogens (primary N) is 2. The second kappa shape index (κ2) is 4.77. The zero-order chi connectivity index (χ0) is 13.2. The standard InChI is InChI=1S/C12H23N5/c1-7(2)10(12(3,4)5)16-9-6-8(13)15-11(14)17-9/h6-7,10H,1-5H3,(H5,13,14,15,16,17). The van der Waals surface area contributed by atoms with E-state index in [-0.39, 0.29) is 17.4 Å². The highest BCUT2D eigenvalue weighted by Crippen LogP contribution is 2.28. The van der Waals surface area contributed by atoms with Gasteiger partial charge in [0.25, 0.3) is 0 Å². The highest BCUT2D eigenvalue weighted by molar-refractivity contribution is 5.49. The largest absolute Gasteiger partial charge is 0.383 e. The fourth-order valence-electron chi connectivity index (χ4n) is 2.10. The molecule has 1 aromatic rings. The molecule has 5 N–H and O–H groups in total. The van der Waals surface area contributed by atoms with Gasteiger partial charge in [0, 0.05) is 12.1 Å². The quantitative estimate of drug-likeness (QED) is 0.749. The maximum absolute atomic E-state index is 5.65. The molecule has 5 heteroatoms. The summed E-state index contributed by atoms with van der Waals surface area (Å²) in [4.78, 5) is 8.00. The molecule has 0 radical (unpaired) electrons. The molecule has 0 bridgehead atoms. The first kappa shape index (κ1) is 13.5. The van der Waals surface area contributed by atoms with Gasteiger partial charge in [-0.05, 0) is 11.3 Å². The van der Waals surface area contributed by atoms with Gasteiger partial charge in [-0.3, -0.25) is 0 Å². The summed E-state index contributed by atoms with van der Waals surface area (Å²) in [6.07, 6.45) is 0. The summed E-state index contributed by atoms with van der Waals surface area (Å²) in [6, 6.07) is 1.99. The normalized spacial score (nSPS) is 13.8. The van der Waals surface area contributed by atoms with Crippen LogP contribution in [-0.4, -0.2) is 16.0 Å².